The Morgan fingerprint density at radius 3 is 2.71 bits per heavy atom. The van der Waals surface area contributed by atoms with Crippen LogP contribution >= 0.6 is 11.8 Å². The molecule has 7 nitrogen and oxygen atoms in total. The Labute approximate surface area is 125 Å². The number of para-hydroxylation sites is 1. The van der Waals surface area contributed by atoms with Gasteiger partial charge in [0.15, 0.2) is 0 Å². The summed E-state index contributed by atoms with van der Waals surface area (Å²) < 4.78 is 0. The van der Waals surface area contributed by atoms with Gasteiger partial charge in [0.1, 0.15) is 5.82 Å². The van der Waals surface area contributed by atoms with E-state index in [1.54, 1.807) is 24.3 Å². The highest BCUT2D eigenvalue weighted by Crippen LogP contribution is 2.11. The van der Waals surface area contributed by atoms with Crippen LogP contribution in [0.5, 0.6) is 0 Å². The first kappa shape index (κ1) is 15.0. The molecule has 1 aromatic heterocycles. The molecule has 0 radical (unpaired) electrons. The van der Waals surface area contributed by atoms with Crippen molar-refractivity contribution in [1.29, 1.82) is 0 Å². The number of rotatable bonds is 5. The number of benzene rings is 1. The normalized spacial score (nSPS) is 10.1. The van der Waals surface area contributed by atoms with Crippen molar-refractivity contribution in [3.05, 3.63) is 36.2 Å². The minimum absolute atomic E-state index is 0.0726. The number of H-pyrrole nitrogens is 1. The summed E-state index contributed by atoms with van der Waals surface area (Å²) in [5.41, 5.74) is 0.622. The quantitative estimate of drug-likeness (QED) is 0.732. The molecule has 0 bridgehead atoms. The molecule has 2 rings (SSSR count). The number of thioether (sulfide) groups is 1. The van der Waals surface area contributed by atoms with Crippen molar-refractivity contribution in [3.8, 4) is 0 Å². The number of imide groups is 1. The molecule has 21 heavy (non-hydrogen) atoms. The summed E-state index contributed by atoms with van der Waals surface area (Å²) in [6.07, 6.45) is 0.749. The number of amides is 3. The molecule has 2 aromatic rings. The number of carbonyl (C=O) groups is 2. The van der Waals surface area contributed by atoms with Crippen LogP contribution < -0.4 is 10.6 Å². The van der Waals surface area contributed by atoms with E-state index in [4.69, 9.17) is 0 Å². The Hall–Kier alpha value is -2.35. The fourth-order valence-electron chi connectivity index (χ4n) is 1.48. The van der Waals surface area contributed by atoms with Gasteiger partial charge in [0.2, 0.25) is 11.1 Å². The molecule has 0 fully saturated rings. The van der Waals surface area contributed by atoms with Gasteiger partial charge in [0.25, 0.3) is 0 Å². The van der Waals surface area contributed by atoms with E-state index < -0.39 is 11.9 Å². The number of nitrogens with zero attached hydrogens (tertiary/aromatic N) is 2. The van der Waals surface area contributed by atoms with Gasteiger partial charge >= 0.3 is 6.03 Å². The summed E-state index contributed by atoms with van der Waals surface area (Å²) in [5.74, 6) is 0.430. The maximum atomic E-state index is 11.6. The third-order valence-corrected chi connectivity index (χ3v) is 3.31. The highest BCUT2D eigenvalue weighted by molar-refractivity contribution is 7.99. The maximum absolute atomic E-state index is 11.6. The van der Waals surface area contributed by atoms with Gasteiger partial charge in [-0.2, -0.15) is 0 Å². The van der Waals surface area contributed by atoms with Crippen LogP contribution in [0, 0.1) is 0 Å². The lowest BCUT2D eigenvalue weighted by molar-refractivity contribution is -0.117. The first-order valence-corrected chi connectivity index (χ1v) is 7.36. The van der Waals surface area contributed by atoms with E-state index in [1.165, 1.54) is 11.8 Å². The molecule has 1 aromatic carbocycles. The largest absolute Gasteiger partial charge is 0.325 e. The first-order valence-electron chi connectivity index (χ1n) is 6.37. The van der Waals surface area contributed by atoms with Crippen LogP contribution in [0.25, 0.3) is 0 Å². The van der Waals surface area contributed by atoms with Gasteiger partial charge in [0.05, 0.1) is 5.75 Å². The van der Waals surface area contributed by atoms with Gasteiger partial charge in [-0.25, -0.2) is 9.78 Å². The Morgan fingerprint density at radius 1 is 1.29 bits per heavy atom. The van der Waals surface area contributed by atoms with Gasteiger partial charge in [-0.15, -0.1) is 5.10 Å². The Kier molecular flexibility index (Phi) is 5.33. The zero-order valence-corrected chi connectivity index (χ0v) is 12.2. The first-order chi connectivity index (χ1) is 10.2. The lowest BCUT2D eigenvalue weighted by Gasteiger charge is -2.05. The van der Waals surface area contributed by atoms with Crippen LogP contribution in [0.2, 0.25) is 0 Å². The molecule has 8 heteroatoms. The van der Waals surface area contributed by atoms with Gasteiger partial charge in [-0.05, 0) is 12.1 Å². The number of hydrogen-bond acceptors (Lipinski definition) is 5. The van der Waals surface area contributed by atoms with Gasteiger partial charge < -0.3 is 5.32 Å². The topological polar surface area (TPSA) is 99.8 Å². The molecule has 0 unspecified atom stereocenters. The van der Waals surface area contributed by atoms with Crippen molar-refractivity contribution in [1.82, 2.24) is 20.5 Å². The average Bonchev–Trinajstić information content (AvgIpc) is 2.94. The highest BCUT2D eigenvalue weighted by Gasteiger charge is 2.10. The molecule has 0 atom stereocenters. The predicted octanol–water partition coefficient (Wildman–Crippen LogP) is 1.81. The summed E-state index contributed by atoms with van der Waals surface area (Å²) in [7, 11) is 0. The summed E-state index contributed by atoms with van der Waals surface area (Å²) in [4.78, 5) is 27.4. The van der Waals surface area contributed by atoms with Crippen molar-refractivity contribution < 1.29 is 9.59 Å². The molecular weight excluding hydrogens is 290 g/mol. The minimum atomic E-state index is -0.559. The molecule has 0 spiro atoms. The van der Waals surface area contributed by atoms with Crippen LogP contribution in [0.4, 0.5) is 10.5 Å². The highest BCUT2D eigenvalue weighted by atomic mass is 32.2. The number of carbonyl (C=O) groups excluding carboxylic acids is 2. The minimum Gasteiger partial charge on any atom is -0.308 e. The molecule has 3 amide bonds. The van der Waals surface area contributed by atoms with Crippen molar-refractivity contribution in [2.45, 2.75) is 18.5 Å². The van der Waals surface area contributed by atoms with Gasteiger partial charge in [-0.3, -0.25) is 15.2 Å². The summed E-state index contributed by atoms with van der Waals surface area (Å²) in [5, 5.41) is 12.0. The van der Waals surface area contributed by atoms with E-state index in [0.29, 0.717) is 10.8 Å². The monoisotopic (exact) mass is 305 g/mol. The lowest BCUT2D eigenvalue weighted by Crippen LogP contribution is -2.35. The predicted molar refractivity (Wildman–Crippen MR) is 80.1 cm³/mol. The SMILES string of the molecule is CCc1nc(SCC(=O)NC(=O)Nc2ccccc2)n[nH]1. The molecule has 3 N–H and O–H groups in total. The van der Waals surface area contributed by atoms with E-state index in [9.17, 15) is 9.59 Å². The van der Waals surface area contributed by atoms with Crippen LogP contribution in [0.1, 0.15) is 12.7 Å². The fraction of sp³-hybridized carbons (Fsp3) is 0.231. The van der Waals surface area contributed by atoms with Crippen molar-refractivity contribution >= 4 is 29.4 Å². The molecule has 1 heterocycles. The van der Waals surface area contributed by atoms with Crippen LogP contribution in [-0.4, -0.2) is 32.9 Å². The second-order valence-corrected chi connectivity index (χ2v) is 5.02. The fourth-order valence-corrected chi connectivity index (χ4v) is 2.09. The van der Waals surface area contributed by atoms with E-state index in [0.717, 1.165) is 12.2 Å². The number of aryl methyl sites for hydroxylation is 1. The second kappa shape index (κ2) is 7.44. The summed E-state index contributed by atoms with van der Waals surface area (Å²) in [6.45, 7) is 1.95. The Bertz CT molecular complexity index is 614. The van der Waals surface area contributed by atoms with Crippen LogP contribution in [-0.2, 0) is 11.2 Å². The van der Waals surface area contributed by atoms with Gasteiger partial charge in [0, 0.05) is 12.1 Å². The number of urea groups is 1. The summed E-state index contributed by atoms with van der Waals surface area (Å²) in [6, 6.07) is 8.34. The number of anilines is 1. The molecule has 0 aliphatic heterocycles. The average molecular weight is 305 g/mol. The molecule has 0 saturated carbocycles. The third-order valence-electron chi connectivity index (χ3n) is 2.46. The molecule has 0 aliphatic rings. The summed E-state index contributed by atoms with van der Waals surface area (Å²) >= 11 is 1.17. The lowest BCUT2D eigenvalue weighted by atomic mass is 10.3. The number of hydrogen-bond donors (Lipinski definition) is 3. The zero-order chi connectivity index (χ0) is 15.1. The van der Waals surface area contributed by atoms with Crippen LogP contribution in [0.15, 0.2) is 35.5 Å². The molecule has 110 valence electrons. The number of nitrogens with one attached hydrogen (secondary N) is 3. The Balaban J connectivity index is 1.75. The van der Waals surface area contributed by atoms with E-state index in [2.05, 4.69) is 25.8 Å². The molecule has 0 aliphatic carbocycles. The number of aromatic amines is 1. The van der Waals surface area contributed by atoms with Crippen molar-refractivity contribution in [2.24, 2.45) is 0 Å². The van der Waals surface area contributed by atoms with Crippen molar-refractivity contribution in [2.75, 3.05) is 11.1 Å². The smallest absolute Gasteiger partial charge is 0.308 e. The molecular formula is C13H15N5O2S. The van der Waals surface area contributed by atoms with E-state index >= 15 is 0 Å². The van der Waals surface area contributed by atoms with E-state index in [1.807, 2.05) is 13.0 Å². The standard InChI is InChI=1S/C13H15N5O2S/c1-2-10-15-13(18-17-10)21-8-11(19)16-12(20)14-9-6-4-3-5-7-9/h3-7H,2,8H2,1H3,(H,15,17,18)(H2,14,16,19,20). The van der Waals surface area contributed by atoms with Crippen molar-refractivity contribution in [3.63, 3.8) is 0 Å². The number of aromatic nitrogens is 3. The third kappa shape index (κ3) is 4.92. The van der Waals surface area contributed by atoms with Crippen LogP contribution in [0.3, 0.4) is 0 Å². The second-order valence-electron chi connectivity index (χ2n) is 4.08. The van der Waals surface area contributed by atoms with Gasteiger partial charge in [-0.1, -0.05) is 36.9 Å². The maximum Gasteiger partial charge on any atom is 0.325 e. The van der Waals surface area contributed by atoms with E-state index in [-0.39, 0.29) is 5.75 Å². The zero-order valence-electron chi connectivity index (χ0n) is 11.4. The Morgan fingerprint density at radius 2 is 2.05 bits per heavy atom. The molecule has 0 saturated heterocycles.